The second-order valence-electron chi connectivity index (χ2n) is 7.13. The Kier molecular flexibility index (Phi) is 5.22. The number of thiophene rings is 1. The van der Waals surface area contributed by atoms with Gasteiger partial charge in [-0.15, -0.1) is 11.3 Å². The number of carbonyl (C=O) groups excluding carboxylic acids is 2. The highest BCUT2D eigenvalue weighted by Crippen LogP contribution is 2.50. The van der Waals surface area contributed by atoms with Crippen LogP contribution in [0.2, 0.25) is 5.02 Å². The summed E-state index contributed by atoms with van der Waals surface area (Å²) >= 11 is 7.29. The molecule has 0 spiro atoms. The van der Waals surface area contributed by atoms with E-state index in [1.807, 2.05) is 19.1 Å². The summed E-state index contributed by atoms with van der Waals surface area (Å²) in [4.78, 5) is 25.9. The molecular weight excluding hydrogens is 423 g/mol. The third-order valence-corrected chi connectivity index (χ3v) is 6.55. The topological polar surface area (TPSA) is 72.2 Å². The number of Topliss-reactive ketones (excluding diaryl/α,β-unsaturated/α-hetero) is 1. The van der Waals surface area contributed by atoms with E-state index in [-0.39, 0.29) is 11.6 Å². The van der Waals surface area contributed by atoms with Crippen molar-refractivity contribution in [3.05, 3.63) is 92.2 Å². The number of allylic oxidation sites excluding steroid dienone is 2. The average Bonchev–Trinajstić information content (AvgIpc) is 3.03. The lowest BCUT2D eigenvalue weighted by Crippen LogP contribution is -2.21. The summed E-state index contributed by atoms with van der Waals surface area (Å²) in [7, 11) is 0. The molecule has 0 bridgehead atoms. The molecule has 0 saturated heterocycles. The third-order valence-electron chi connectivity index (χ3n) is 5.16. The van der Waals surface area contributed by atoms with Gasteiger partial charge < -0.3 is 11.1 Å². The lowest BCUT2D eigenvalue weighted by molar-refractivity contribution is -0.113. The van der Waals surface area contributed by atoms with Crippen molar-refractivity contribution in [3.8, 4) is 0 Å². The van der Waals surface area contributed by atoms with Crippen molar-refractivity contribution in [1.29, 1.82) is 0 Å². The Labute approximate surface area is 182 Å². The zero-order chi connectivity index (χ0) is 21.6. The first-order chi connectivity index (χ1) is 14.3. The van der Waals surface area contributed by atoms with Crippen LogP contribution < -0.4 is 11.1 Å². The van der Waals surface area contributed by atoms with Gasteiger partial charge in [0.05, 0.1) is 10.7 Å². The van der Waals surface area contributed by atoms with Gasteiger partial charge in [0.2, 0.25) is 5.78 Å². The van der Waals surface area contributed by atoms with Gasteiger partial charge in [-0.3, -0.25) is 9.59 Å². The molecule has 152 valence electrons. The molecule has 0 amide bonds. The predicted molar refractivity (Wildman–Crippen MR) is 119 cm³/mol. The molecule has 1 aromatic heterocycles. The van der Waals surface area contributed by atoms with Crippen LogP contribution in [0, 0.1) is 5.82 Å². The van der Waals surface area contributed by atoms with Crippen molar-refractivity contribution in [3.63, 3.8) is 0 Å². The minimum Gasteiger partial charge on any atom is -0.397 e. The number of halogens is 2. The number of hydrogen-bond donors (Lipinski definition) is 2. The summed E-state index contributed by atoms with van der Waals surface area (Å²) in [6.07, 6.45) is 0. The van der Waals surface area contributed by atoms with Crippen LogP contribution in [0.15, 0.2) is 59.8 Å². The van der Waals surface area contributed by atoms with Crippen LogP contribution in [0.25, 0.3) is 0 Å². The number of rotatable bonds is 4. The average molecular weight is 441 g/mol. The molecule has 30 heavy (non-hydrogen) atoms. The number of hydrogen-bond acceptors (Lipinski definition) is 5. The van der Waals surface area contributed by atoms with Gasteiger partial charge in [0.25, 0.3) is 0 Å². The highest BCUT2D eigenvalue weighted by atomic mass is 35.5. The lowest BCUT2D eigenvalue weighted by Gasteiger charge is -2.28. The summed E-state index contributed by atoms with van der Waals surface area (Å²) in [5.74, 6) is -1.20. The van der Waals surface area contributed by atoms with E-state index in [9.17, 15) is 14.0 Å². The molecule has 0 unspecified atom stereocenters. The maximum absolute atomic E-state index is 13.3. The second kappa shape index (κ2) is 7.70. The van der Waals surface area contributed by atoms with Crippen LogP contribution in [0.5, 0.6) is 0 Å². The van der Waals surface area contributed by atoms with E-state index >= 15 is 0 Å². The molecule has 4 rings (SSSR count). The number of benzene rings is 2. The Morgan fingerprint density at radius 3 is 2.33 bits per heavy atom. The molecule has 2 heterocycles. The monoisotopic (exact) mass is 440 g/mol. The van der Waals surface area contributed by atoms with Crippen LogP contribution in [0.1, 0.15) is 46.1 Å². The molecule has 0 radical (unpaired) electrons. The first kappa shape index (κ1) is 20.3. The third kappa shape index (κ3) is 3.42. The maximum Gasteiger partial charge on any atom is 0.205 e. The van der Waals surface area contributed by atoms with E-state index < -0.39 is 11.7 Å². The molecule has 2 aromatic carbocycles. The molecule has 1 aliphatic rings. The van der Waals surface area contributed by atoms with Crippen molar-refractivity contribution < 1.29 is 14.0 Å². The largest absolute Gasteiger partial charge is 0.397 e. The fraction of sp³-hybridized carbons (Fsp3) is 0.130. The second-order valence-corrected chi connectivity index (χ2v) is 8.59. The van der Waals surface area contributed by atoms with Crippen LogP contribution in [-0.2, 0) is 4.79 Å². The summed E-state index contributed by atoms with van der Waals surface area (Å²) in [6.45, 7) is 3.35. The Bertz CT molecular complexity index is 1200. The van der Waals surface area contributed by atoms with Crippen molar-refractivity contribution in [2.24, 2.45) is 0 Å². The quantitative estimate of drug-likeness (QED) is 0.505. The highest BCUT2D eigenvalue weighted by molar-refractivity contribution is 7.19. The van der Waals surface area contributed by atoms with E-state index in [1.165, 1.54) is 42.5 Å². The van der Waals surface area contributed by atoms with Crippen LogP contribution in [0.3, 0.4) is 0 Å². The van der Waals surface area contributed by atoms with Gasteiger partial charge >= 0.3 is 0 Å². The molecule has 0 saturated carbocycles. The van der Waals surface area contributed by atoms with Gasteiger partial charge in [-0.1, -0.05) is 23.7 Å². The minimum absolute atomic E-state index is 0.0809. The molecule has 1 aliphatic heterocycles. The van der Waals surface area contributed by atoms with E-state index in [1.54, 1.807) is 12.1 Å². The fourth-order valence-corrected chi connectivity index (χ4v) is 5.09. The molecule has 3 aromatic rings. The van der Waals surface area contributed by atoms with Crippen molar-refractivity contribution in [2.75, 3.05) is 11.1 Å². The normalized spacial score (nSPS) is 15.5. The molecular formula is C23H18ClFN2O2S. The minimum atomic E-state index is -0.416. The van der Waals surface area contributed by atoms with Crippen molar-refractivity contribution in [2.45, 2.75) is 19.8 Å². The zero-order valence-electron chi connectivity index (χ0n) is 16.3. The van der Waals surface area contributed by atoms with Gasteiger partial charge in [-0.05, 0) is 55.8 Å². The number of anilines is 2. The Hall–Kier alpha value is -2.96. The molecule has 4 nitrogen and oxygen atoms in total. The molecule has 0 aliphatic carbocycles. The van der Waals surface area contributed by atoms with Crippen LogP contribution in [0.4, 0.5) is 15.1 Å². The van der Waals surface area contributed by atoms with Gasteiger partial charge in [0.15, 0.2) is 5.78 Å². The Morgan fingerprint density at radius 2 is 1.73 bits per heavy atom. The fourth-order valence-electron chi connectivity index (χ4n) is 3.79. The summed E-state index contributed by atoms with van der Waals surface area (Å²) < 4.78 is 13.3. The van der Waals surface area contributed by atoms with Crippen molar-refractivity contribution >= 4 is 45.2 Å². The predicted octanol–water partition coefficient (Wildman–Crippen LogP) is 5.77. The number of fused-ring (bicyclic) bond motifs is 1. The number of carbonyl (C=O) groups is 2. The first-order valence-corrected chi connectivity index (χ1v) is 10.4. The van der Waals surface area contributed by atoms with Gasteiger partial charge in [0.1, 0.15) is 10.7 Å². The SMILES string of the molecule is CC(=O)C1=C(C)Nc2sc(C(=O)c3ccc(F)cc3)c(N)c2[C@H]1c1ccc(Cl)cc1. The van der Waals surface area contributed by atoms with E-state index in [0.717, 1.165) is 16.3 Å². The van der Waals surface area contributed by atoms with Gasteiger partial charge in [-0.25, -0.2) is 4.39 Å². The van der Waals surface area contributed by atoms with Crippen LogP contribution in [-0.4, -0.2) is 11.6 Å². The molecule has 0 fully saturated rings. The van der Waals surface area contributed by atoms with Crippen molar-refractivity contribution in [1.82, 2.24) is 0 Å². The smallest absolute Gasteiger partial charge is 0.205 e. The van der Waals surface area contributed by atoms with Gasteiger partial charge in [0, 0.05) is 33.3 Å². The first-order valence-electron chi connectivity index (χ1n) is 9.24. The molecule has 7 heteroatoms. The maximum atomic E-state index is 13.3. The van der Waals surface area contributed by atoms with Crippen LogP contribution >= 0.6 is 22.9 Å². The number of nitrogens with one attached hydrogen (secondary N) is 1. The summed E-state index contributed by atoms with van der Waals surface area (Å²) in [5, 5.41) is 4.55. The Balaban J connectivity index is 1.88. The van der Waals surface area contributed by atoms with Gasteiger partial charge in [-0.2, -0.15) is 0 Å². The Morgan fingerprint density at radius 1 is 1.10 bits per heavy atom. The van der Waals surface area contributed by atoms with E-state index in [4.69, 9.17) is 17.3 Å². The molecule has 1 atom stereocenters. The van der Waals surface area contributed by atoms with E-state index in [0.29, 0.717) is 32.3 Å². The lowest BCUT2D eigenvalue weighted by atomic mass is 9.80. The number of nitrogen functional groups attached to an aromatic ring is 1. The number of ketones is 2. The highest BCUT2D eigenvalue weighted by Gasteiger charge is 2.36. The number of nitrogens with two attached hydrogens (primary N) is 1. The standard InChI is InChI=1S/C23H18ClFN2O2S/c1-11-17(12(2)28)18(13-3-7-15(24)8-4-13)19-20(26)22(30-23(19)27-11)21(29)14-5-9-16(25)10-6-14/h3-10,18,27H,26H2,1-2H3/t18-/m0/s1. The summed E-state index contributed by atoms with van der Waals surface area (Å²) in [5.41, 5.74) is 10.0. The van der Waals surface area contributed by atoms with E-state index in [2.05, 4.69) is 5.32 Å². The summed E-state index contributed by atoms with van der Waals surface area (Å²) in [6, 6.07) is 12.6. The zero-order valence-corrected chi connectivity index (χ0v) is 17.8. The molecule has 3 N–H and O–H groups in total.